The highest BCUT2D eigenvalue weighted by Crippen LogP contribution is 2.07. The molecule has 1 heterocycles. The Labute approximate surface area is 117 Å². The Morgan fingerprint density at radius 1 is 1.75 bits per heavy atom. The third-order valence-electron chi connectivity index (χ3n) is 1.74. The highest BCUT2D eigenvalue weighted by molar-refractivity contribution is 14.0. The number of aliphatic imine (C=N–C) groups is 1. The summed E-state index contributed by atoms with van der Waals surface area (Å²) in [7, 11) is 0. The number of hydrogen-bond donors (Lipinski definition) is 2. The van der Waals surface area contributed by atoms with Gasteiger partial charge in [0.25, 0.3) is 0 Å². The first-order chi connectivity index (χ1) is 7.22. The summed E-state index contributed by atoms with van der Waals surface area (Å²) in [6.45, 7) is 6.89. The Morgan fingerprint density at radius 3 is 3.06 bits per heavy atom. The summed E-state index contributed by atoms with van der Waals surface area (Å²) in [5.41, 5.74) is 6.68. The van der Waals surface area contributed by atoms with Crippen LogP contribution in [-0.2, 0) is 6.42 Å². The van der Waals surface area contributed by atoms with Gasteiger partial charge in [0.05, 0.1) is 10.7 Å². The molecule has 0 radical (unpaired) electrons. The molecule has 1 rings (SSSR count). The van der Waals surface area contributed by atoms with Gasteiger partial charge in [0.15, 0.2) is 5.96 Å². The zero-order chi connectivity index (χ0) is 11.1. The standard InChI is InChI=1S/C10H16N4S.HI/c1-3-5-12-10(11)13-6-4-9-7-15-8(2)14-9;/h3,7H,1,4-6H2,2H3,(H3,11,12,13);1H. The van der Waals surface area contributed by atoms with Crippen molar-refractivity contribution in [3.8, 4) is 0 Å². The lowest BCUT2D eigenvalue weighted by atomic mass is 10.3. The molecule has 1 aromatic heterocycles. The molecule has 0 aliphatic rings. The van der Waals surface area contributed by atoms with E-state index in [0.717, 1.165) is 17.1 Å². The minimum Gasteiger partial charge on any atom is -0.370 e. The second-order valence-electron chi connectivity index (χ2n) is 3.04. The van der Waals surface area contributed by atoms with Gasteiger partial charge in [0.1, 0.15) is 0 Å². The lowest BCUT2D eigenvalue weighted by Gasteiger charge is -2.00. The summed E-state index contributed by atoms with van der Waals surface area (Å²) in [5.74, 6) is 0.460. The maximum atomic E-state index is 5.60. The molecule has 1 aromatic rings. The highest BCUT2D eigenvalue weighted by atomic mass is 127. The number of nitrogens with two attached hydrogens (primary N) is 1. The molecular formula is C10H17IN4S. The first-order valence-corrected chi connectivity index (χ1v) is 5.66. The van der Waals surface area contributed by atoms with Crippen molar-refractivity contribution in [3.63, 3.8) is 0 Å². The molecule has 90 valence electrons. The molecule has 3 N–H and O–H groups in total. The second-order valence-corrected chi connectivity index (χ2v) is 4.11. The van der Waals surface area contributed by atoms with Crippen LogP contribution >= 0.6 is 35.3 Å². The predicted octanol–water partition coefficient (Wildman–Crippen LogP) is 1.70. The van der Waals surface area contributed by atoms with Crippen LogP contribution in [0.5, 0.6) is 0 Å². The SMILES string of the molecule is C=CCNC(N)=NCCc1csc(C)n1.I. The molecular weight excluding hydrogens is 335 g/mol. The third kappa shape index (κ3) is 6.06. The van der Waals surface area contributed by atoms with Gasteiger partial charge < -0.3 is 11.1 Å². The van der Waals surface area contributed by atoms with Crippen molar-refractivity contribution in [2.24, 2.45) is 10.7 Å². The molecule has 16 heavy (non-hydrogen) atoms. The third-order valence-corrected chi connectivity index (χ3v) is 2.57. The number of hydrogen-bond acceptors (Lipinski definition) is 3. The van der Waals surface area contributed by atoms with E-state index < -0.39 is 0 Å². The zero-order valence-corrected chi connectivity index (χ0v) is 12.4. The van der Waals surface area contributed by atoms with E-state index in [2.05, 4.69) is 27.3 Å². The largest absolute Gasteiger partial charge is 0.370 e. The minimum atomic E-state index is 0. The van der Waals surface area contributed by atoms with Gasteiger partial charge in [-0.25, -0.2) is 4.98 Å². The van der Waals surface area contributed by atoms with E-state index in [1.807, 2.05) is 6.92 Å². The highest BCUT2D eigenvalue weighted by Gasteiger charge is 1.97. The number of nitrogens with one attached hydrogen (secondary N) is 1. The fourth-order valence-electron chi connectivity index (χ4n) is 1.05. The van der Waals surface area contributed by atoms with Crippen molar-refractivity contribution in [2.75, 3.05) is 13.1 Å². The number of halogens is 1. The van der Waals surface area contributed by atoms with Gasteiger partial charge in [-0.2, -0.15) is 0 Å². The topological polar surface area (TPSA) is 63.3 Å². The average molecular weight is 352 g/mol. The number of guanidine groups is 1. The normalized spacial score (nSPS) is 10.7. The molecule has 0 fully saturated rings. The molecule has 0 spiro atoms. The summed E-state index contributed by atoms with van der Waals surface area (Å²) in [6.07, 6.45) is 2.58. The molecule has 6 heteroatoms. The van der Waals surface area contributed by atoms with Gasteiger partial charge in [-0.05, 0) is 6.92 Å². The van der Waals surface area contributed by atoms with Crippen LogP contribution in [0, 0.1) is 6.92 Å². The van der Waals surface area contributed by atoms with Gasteiger partial charge >= 0.3 is 0 Å². The van der Waals surface area contributed by atoms with Crippen LogP contribution in [0.4, 0.5) is 0 Å². The number of aryl methyl sites for hydroxylation is 1. The van der Waals surface area contributed by atoms with Crippen molar-refractivity contribution in [2.45, 2.75) is 13.3 Å². The van der Waals surface area contributed by atoms with Crippen molar-refractivity contribution in [3.05, 3.63) is 28.7 Å². The number of aromatic nitrogens is 1. The summed E-state index contributed by atoms with van der Waals surface area (Å²) in [4.78, 5) is 8.51. The van der Waals surface area contributed by atoms with Crippen molar-refractivity contribution in [1.82, 2.24) is 10.3 Å². The van der Waals surface area contributed by atoms with E-state index in [1.165, 1.54) is 0 Å². The van der Waals surface area contributed by atoms with Crippen LogP contribution in [0.25, 0.3) is 0 Å². The smallest absolute Gasteiger partial charge is 0.188 e. The molecule has 0 atom stereocenters. The summed E-state index contributed by atoms with van der Waals surface area (Å²) in [6, 6.07) is 0. The number of nitrogens with zero attached hydrogens (tertiary/aromatic N) is 2. The maximum Gasteiger partial charge on any atom is 0.188 e. The first-order valence-electron chi connectivity index (χ1n) is 4.78. The Bertz CT molecular complexity index is 348. The van der Waals surface area contributed by atoms with Gasteiger partial charge in [-0.1, -0.05) is 6.08 Å². The first kappa shape index (κ1) is 15.4. The molecule has 0 saturated carbocycles. The van der Waals surface area contributed by atoms with Crippen LogP contribution in [0.15, 0.2) is 23.0 Å². The van der Waals surface area contributed by atoms with Gasteiger partial charge in [-0.3, -0.25) is 4.99 Å². The van der Waals surface area contributed by atoms with E-state index in [-0.39, 0.29) is 24.0 Å². The predicted molar refractivity (Wildman–Crippen MR) is 80.7 cm³/mol. The summed E-state index contributed by atoms with van der Waals surface area (Å²) < 4.78 is 0. The average Bonchev–Trinajstić information content (AvgIpc) is 2.61. The molecule has 0 aliphatic heterocycles. The van der Waals surface area contributed by atoms with E-state index >= 15 is 0 Å². The molecule has 4 nitrogen and oxygen atoms in total. The Kier molecular flexibility index (Phi) is 8.18. The van der Waals surface area contributed by atoms with Crippen molar-refractivity contribution < 1.29 is 0 Å². The van der Waals surface area contributed by atoms with Crippen LogP contribution in [-0.4, -0.2) is 24.0 Å². The molecule has 0 bridgehead atoms. The van der Waals surface area contributed by atoms with Crippen molar-refractivity contribution in [1.29, 1.82) is 0 Å². The lowest BCUT2D eigenvalue weighted by Crippen LogP contribution is -2.31. The summed E-state index contributed by atoms with van der Waals surface area (Å²) >= 11 is 1.66. The molecule has 0 amide bonds. The number of rotatable bonds is 5. The molecule has 0 unspecified atom stereocenters. The van der Waals surface area contributed by atoms with E-state index in [9.17, 15) is 0 Å². The zero-order valence-electron chi connectivity index (χ0n) is 9.27. The Hall–Kier alpha value is -0.630. The van der Waals surface area contributed by atoms with Crippen LogP contribution in [0.1, 0.15) is 10.7 Å². The molecule has 0 saturated heterocycles. The summed E-state index contributed by atoms with van der Waals surface area (Å²) in [5, 5.41) is 6.06. The van der Waals surface area contributed by atoms with Crippen LogP contribution < -0.4 is 11.1 Å². The van der Waals surface area contributed by atoms with E-state index in [0.29, 0.717) is 19.0 Å². The Balaban J connectivity index is 0.00000225. The maximum absolute atomic E-state index is 5.60. The van der Waals surface area contributed by atoms with Gasteiger partial charge in [-0.15, -0.1) is 41.9 Å². The van der Waals surface area contributed by atoms with E-state index in [4.69, 9.17) is 5.73 Å². The minimum absolute atomic E-state index is 0. The van der Waals surface area contributed by atoms with Crippen molar-refractivity contribution >= 4 is 41.3 Å². The van der Waals surface area contributed by atoms with Crippen LogP contribution in [0.3, 0.4) is 0 Å². The monoisotopic (exact) mass is 352 g/mol. The molecule has 0 aliphatic carbocycles. The van der Waals surface area contributed by atoms with E-state index in [1.54, 1.807) is 17.4 Å². The number of thiazole rings is 1. The molecule has 0 aromatic carbocycles. The quantitative estimate of drug-likeness (QED) is 0.367. The van der Waals surface area contributed by atoms with Gasteiger partial charge in [0.2, 0.25) is 0 Å². The van der Waals surface area contributed by atoms with Crippen LogP contribution in [0.2, 0.25) is 0 Å². The fourth-order valence-corrected chi connectivity index (χ4v) is 1.69. The lowest BCUT2D eigenvalue weighted by molar-refractivity contribution is 0.905. The fraction of sp³-hybridized carbons (Fsp3) is 0.400. The van der Waals surface area contributed by atoms with Gasteiger partial charge in [0, 0.05) is 24.9 Å². The Morgan fingerprint density at radius 2 is 2.50 bits per heavy atom. The second kappa shape index (κ2) is 8.51.